The van der Waals surface area contributed by atoms with Crippen LogP contribution in [0.3, 0.4) is 0 Å². The van der Waals surface area contributed by atoms with Crippen molar-refractivity contribution in [1.82, 2.24) is 29.7 Å². The normalized spacial score (nSPS) is 11.1. The summed E-state index contributed by atoms with van der Waals surface area (Å²) in [6.45, 7) is 3.82. The average Bonchev–Trinajstić information content (AvgIpc) is 2.73. The molecule has 0 saturated carbocycles. The molecule has 0 aliphatic rings. The van der Waals surface area contributed by atoms with Crippen molar-refractivity contribution in [3.05, 3.63) is 35.1 Å². The minimum atomic E-state index is 0.371. The number of hydrogen-bond donors (Lipinski definition) is 0. The highest BCUT2D eigenvalue weighted by molar-refractivity contribution is 6.33. The maximum Gasteiger partial charge on any atom is 0.252 e. The minimum absolute atomic E-state index is 0.371. The first kappa shape index (κ1) is 11.0. The lowest BCUT2D eigenvalue weighted by Crippen LogP contribution is -2.05. The molecule has 0 saturated heterocycles. The lowest BCUT2D eigenvalue weighted by molar-refractivity contribution is 0.807. The monoisotopic (exact) mass is 260 g/mol. The molecule has 0 aromatic carbocycles. The smallest absolute Gasteiger partial charge is 0.224 e. The molecule has 3 aromatic rings. The van der Waals surface area contributed by atoms with Crippen LogP contribution in [-0.2, 0) is 0 Å². The second-order valence-electron chi connectivity index (χ2n) is 3.91. The maximum absolute atomic E-state index is 5.98. The summed E-state index contributed by atoms with van der Waals surface area (Å²) in [4.78, 5) is 16.8. The minimum Gasteiger partial charge on any atom is -0.224 e. The molecule has 0 fully saturated rings. The third kappa shape index (κ3) is 1.70. The summed E-state index contributed by atoms with van der Waals surface area (Å²) in [6, 6.07) is 1.90. The lowest BCUT2D eigenvalue weighted by Gasteiger charge is -2.03. The first-order valence-corrected chi connectivity index (χ1v) is 5.70. The molecule has 90 valence electrons. The second kappa shape index (κ2) is 3.99. The highest BCUT2D eigenvalue weighted by atomic mass is 35.5. The Morgan fingerprint density at radius 3 is 2.56 bits per heavy atom. The van der Waals surface area contributed by atoms with Crippen LogP contribution in [-0.4, -0.2) is 29.7 Å². The summed E-state index contributed by atoms with van der Waals surface area (Å²) in [5.74, 6) is 0.484. The van der Waals surface area contributed by atoms with E-state index in [1.54, 1.807) is 10.9 Å². The zero-order valence-corrected chi connectivity index (χ0v) is 10.5. The van der Waals surface area contributed by atoms with Gasteiger partial charge in [-0.1, -0.05) is 11.6 Å². The van der Waals surface area contributed by atoms with E-state index in [0.29, 0.717) is 22.1 Å². The molecule has 0 N–H and O–H groups in total. The Morgan fingerprint density at radius 1 is 1.11 bits per heavy atom. The Balaban J connectivity index is 2.29. The first-order valence-electron chi connectivity index (χ1n) is 5.32. The largest absolute Gasteiger partial charge is 0.252 e. The number of halogens is 1. The SMILES string of the molecule is Cc1cc(C)nc(-n2ncc3c(Cl)ncnc32)n1. The van der Waals surface area contributed by atoms with Crippen LogP contribution in [0.4, 0.5) is 0 Å². The van der Waals surface area contributed by atoms with E-state index < -0.39 is 0 Å². The molecule has 3 heterocycles. The van der Waals surface area contributed by atoms with E-state index in [1.165, 1.54) is 6.33 Å². The molecule has 7 heteroatoms. The van der Waals surface area contributed by atoms with E-state index in [1.807, 2.05) is 19.9 Å². The van der Waals surface area contributed by atoms with Crippen molar-refractivity contribution >= 4 is 22.6 Å². The quantitative estimate of drug-likeness (QED) is 0.625. The van der Waals surface area contributed by atoms with Gasteiger partial charge in [-0.25, -0.2) is 19.9 Å². The van der Waals surface area contributed by atoms with Gasteiger partial charge in [-0.2, -0.15) is 9.78 Å². The molecule has 0 aliphatic heterocycles. The van der Waals surface area contributed by atoms with Crippen molar-refractivity contribution in [2.75, 3.05) is 0 Å². The fraction of sp³-hybridized carbons (Fsp3) is 0.182. The van der Waals surface area contributed by atoms with E-state index in [-0.39, 0.29) is 0 Å². The van der Waals surface area contributed by atoms with Crippen molar-refractivity contribution in [1.29, 1.82) is 0 Å². The molecule has 0 spiro atoms. The van der Waals surface area contributed by atoms with Crippen LogP contribution in [0.25, 0.3) is 17.0 Å². The summed E-state index contributed by atoms with van der Waals surface area (Å²) in [6.07, 6.45) is 3.00. The van der Waals surface area contributed by atoms with Gasteiger partial charge in [-0.3, -0.25) is 0 Å². The van der Waals surface area contributed by atoms with E-state index >= 15 is 0 Å². The zero-order valence-electron chi connectivity index (χ0n) is 9.79. The molecule has 3 aromatic heterocycles. The van der Waals surface area contributed by atoms with E-state index in [0.717, 1.165) is 11.4 Å². The van der Waals surface area contributed by atoms with Gasteiger partial charge in [-0.15, -0.1) is 0 Å². The molecular formula is C11H9ClN6. The van der Waals surface area contributed by atoms with Crippen molar-refractivity contribution in [2.45, 2.75) is 13.8 Å². The molecule has 0 amide bonds. The molecule has 18 heavy (non-hydrogen) atoms. The predicted molar refractivity (Wildman–Crippen MR) is 66.7 cm³/mol. The second-order valence-corrected chi connectivity index (χ2v) is 4.27. The van der Waals surface area contributed by atoms with Gasteiger partial charge in [0, 0.05) is 11.4 Å². The van der Waals surface area contributed by atoms with Crippen LogP contribution >= 0.6 is 11.6 Å². The highest BCUT2D eigenvalue weighted by Gasteiger charge is 2.12. The van der Waals surface area contributed by atoms with E-state index in [9.17, 15) is 0 Å². The molecular weight excluding hydrogens is 252 g/mol. The van der Waals surface area contributed by atoms with E-state index in [2.05, 4.69) is 25.0 Å². The Kier molecular flexibility index (Phi) is 2.45. The van der Waals surface area contributed by atoms with Crippen LogP contribution in [0, 0.1) is 13.8 Å². The van der Waals surface area contributed by atoms with Crippen LogP contribution in [0.1, 0.15) is 11.4 Å². The first-order chi connectivity index (χ1) is 8.65. The number of hydrogen-bond acceptors (Lipinski definition) is 5. The summed E-state index contributed by atoms with van der Waals surface area (Å²) in [5, 5.41) is 5.27. The Hall–Kier alpha value is -2.08. The van der Waals surface area contributed by atoms with Crippen LogP contribution in [0.2, 0.25) is 5.15 Å². The fourth-order valence-corrected chi connectivity index (χ4v) is 1.94. The van der Waals surface area contributed by atoms with Gasteiger partial charge in [0.2, 0.25) is 0 Å². The molecule has 3 rings (SSSR count). The standard InChI is InChI=1S/C11H9ClN6/c1-6-3-7(2)17-11(16-6)18-10-8(4-15-18)9(12)13-5-14-10/h3-5H,1-2H3. The van der Waals surface area contributed by atoms with Gasteiger partial charge in [0.25, 0.3) is 5.95 Å². The zero-order chi connectivity index (χ0) is 12.7. The molecule has 0 radical (unpaired) electrons. The summed E-state index contributed by atoms with van der Waals surface area (Å²) in [5.41, 5.74) is 2.35. The van der Waals surface area contributed by atoms with Gasteiger partial charge in [0.1, 0.15) is 11.5 Å². The topological polar surface area (TPSA) is 69.4 Å². The van der Waals surface area contributed by atoms with Crippen molar-refractivity contribution < 1.29 is 0 Å². The van der Waals surface area contributed by atoms with Gasteiger partial charge in [-0.05, 0) is 19.9 Å². The van der Waals surface area contributed by atoms with Gasteiger partial charge < -0.3 is 0 Å². The molecule has 0 bridgehead atoms. The van der Waals surface area contributed by atoms with Crippen molar-refractivity contribution in [2.24, 2.45) is 0 Å². The van der Waals surface area contributed by atoms with Crippen molar-refractivity contribution in [3.63, 3.8) is 0 Å². The molecule has 6 nitrogen and oxygen atoms in total. The third-order valence-corrected chi connectivity index (χ3v) is 2.78. The summed E-state index contributed by atoms with van der Waals surface area (Å²) >= 11 is 5.98. The predicted octanol–water partition coefficient (Wildman–Crippen LogP) is 1.88. The summed E-state index contributed by atoms with van der Waals surface area (Å²) in [7, 11) is 0. The van der Waals surface area contributed by atoms with Crippen LogP contribution in [0.15, 0.2) is 18.6 Å². The Labute approximate surface area is 108 Å². The number of aryl methyl sites for hydroxylation is 2. The number of aromatic nitrogens is 6. The Morgan fingerprint density at radius 2 is 1.83 bits per heavy atom. The van der Waals surface area contributed by atoms with Crippen LogP contribution < -0.4 is 0 Å². The summed E-state index contributed by atoms with van der Waals surface area (Å²) < 4.78 is 1.56. The number of nitrogens with zero attached hydrogens (tertiary/aromatic N) is 6. The van der Waals surface area contributed by atoms with Gasteiger partial charge >= 0.3 is 0 Å². The number of rotatable bonds is 1. The molecule has 0 aliphatic carbocycles. The van der Waals surface area contributed by atoms with E-state index in [4.69, 9.17) is 11.6 Å². The maximum atomic E-state index is 5.98. The molecule has 0 unspecified atom stereocenters. The van der Waals surface area contributed by atoms with Gasteiger partial charge in [0.05, 0.1) is 11.6 Å². The van der Waals surface area contributed by atoms with Crippen LogP contribution in [0.5, 0.6) is 0 Å². The number of fused-ring (bicyclic) bond motifs is 1. The lowest BCUT2D eigenvalue weighted by atomic mass is 10.4. The average molecular weight is 261 g/mol. The Bertz CT molecular complexity index is 715. The van der Waals surface area contributed by atoms with Gasteiger partial charge in [0.15, 0.2) is 5.65 Å². The van der Waals surface area contributed by atoms with Crippen molar-refractivity contribution in [3.8, 4) is 5.95 Å². The third-order valence-electron chi connectivity index (χ3n) is 2.48. The highest BCUT2D eigenvalue weighted by Crippen LogP contribution is 2.20. The fourth-order valence-electron chi connectivity index (χ4n) is 1.76. The molecule has 0 atom stereocenters.